The highest BCUT2D eigenvalue weighted by Crippen LogP contribution is 2.30. The SMILES string of the molecule is CC(=O)Nc1c(C)cc(C)c(NCC(O)CO)c1C. The second-order valence-corrected chi connectivity index (χ2v) is 4.78. The second kappa shape index (κ2) is 6.54. The van der Waals surface area contributed by atoms with Gasteiger partial charge in [-0.2, -0.15) is 0 Å². The van der Waals surface area contributed by atoms with Crippen LogP contribution in [0.3, 0.4) is 0 Å². The number of benzene rings is 1. The molecule has 5 heteroatoms. The van der Waals surface area contributed by atoms with Crippen LogP contribution in [-0.4, -0.2) is 35.4 Å². The predicted molar refractivity (Wildman–Crippen MR) is 76.5 cm³/mol. The topological polar surface area (TPSA) is 81.6 Å². The van der Waals surface area contributed by atoms with Crippen molar-refractivity contribution in [1.82, 2.24) is 0 Å². The van der Waals surface area contributed by atoms with Gasteiger partial charge in [-0.15, -0.1) is 0 Å². The Morgan fingerprint density at radius 3 is 2.37 bits per heavy atom. The van der Waals surface area contributed by atoms with Crippen LogP contribution >= 0.6 is 0 Å². The third kappa shape index (κ3) is 3.94. The van der Waals surface area contributed by atoms with Gasteiger partial charge < -0.3 is 20.8 Å². The van der Waals surface area contributed by atoms with Gasteiger partial charge in [-0.1, -0.05) is 6.07 Å². The first kappa shape index (κ1) is 15.5. The highest BCUT2D eigenvalue weighted by Gasteiger charge is 2.12. The van der Waals surface area contributed by atoms with Crippen molar-refractivity contribution in [2.75, 3.05) is 23.8 Å². The molecule has 0 aromatic heterocycles. The third-order valence-electron chi connectivity index (χ3n) is 3.00. The Morgan fingerprint density at radius 1 is 1.26 bits per heavy atom. The normalized spacial score (nSPS) is 12.1. The minimum Gasteiger partial charge on any atom is -0.394 e. The fourth-order valence-electron chi connectivity index (χ4n) is 2.11. The number of hydrogen-bond donors (Lipinski definition) is 4. The molecule has 19 heavy (non-hydrogen) atoms. The third-order valence-corrected chi connectivity index (χ3v) is 3.00. The standard InChI is InChI=1S/C14H22N2O3/c1-8-5-9(2)14(16-11(4)18)10(3)13(8)15-6-12(19)7-17/h5,12,15,17,19H,6-7H2,1-4H3,(H,16,18). The molecule has 1 amide bonds. The van der Waals surface area contributed by atoms with Crippen molar-refractivity contribution in [1.29, 1.82) is 0 Å². The van der Waals surface area contributed by atoms with E-state index >= 15 is 0 Å². The first-order valence-electron chi connectivity index (χ1n) is 6.28. The Hall–Kier alpha value is -1.59. The van der Waals surface area contributed by atoms with Crippen molar-refractivity contribution in [2.45, 2.75) is 33.8 Å². The molecule has 0 bridgehead atoms. The Balaban J connectivity index is 3.06. The number of aliphatic hydroxyl groups excluding tert-OH is 2. The van der Waals surface area contributed by atoms with Gasteiger partial charge in [0.05, 0.1) is 12.7 Å². The fourth-order valence-corrected chi connectivity index (χ4v) is 2.11. The van der Waals surface area contributed by atoms with Gasteiger partial charge in [-0.3, -0.25) is 4.79 Å². The number of aliphatic hydroxyl groups is 2. The van der Waals surface area contributed by atoms with Crippen molar-refractivity contribution in [3.8, 4) is 0 Å². The van der Waals surface area contributed by atoms with Gasteiger partial charge in [0.2, 0.25) is 5.91 Å². The molecule has 1 atom stereocenters. The number of rotatable bonds is 5. The van der Waals surface area contributed by atoms with Crippen molar-refractivity contribution < 1.29 is 15.0 Å². The summed E-state index contributed by atoms with van der Waals surface area (Å²) in [4.78, 5) is 11.2. The van der Waals surface area contributed by atoms with Crippen molar-refractivity contribution >= 4 is 17.3 Å². The first-order valence-corrected chi connectivity index (χ1v) is 6.28. The van der Waals surface area contributed by atoms with Crippen LogP contribution in [0.2, 0.25) is 0 Å². The van der Waals surface area contributed by atoms with Gasteiger partial charge in [0.25, 0.3) is 0 Å². The van der Waals surface area contributed by atoms with E-state index in [1.807, 2.05) is 26.8 Å². The zero-order valence-corrected chi connectivity index (χ0v) is 11.9. The number of anilines is 2. The zero-order chi connectivity index (χ0) is 14.6. The monoisotopic (exact) mass is 266 g/mol. The van der Waals surface area contributed by atoms with E-state index in [0.717, 1.165) is 28.1 Å². The lowest BCUT2D eigenvalue weighted by Crippen LogP contribution is -2.24. The second-order valence-electron chi connectivity index (χ2n) is 4.78. The molecule has 0 saturated carbocycles. The number of aryl methyl sites for hydroxylation is 2. The quantitative estimate of drug-likeness (QED) is 0.648. The molecule has 5 nitrogen and oxygen atoms in total. The van der Waals surface area contributed by atoms with Gasteiger partial charge in [-0.25, -0.2) is 0 Å². The van der Waals surface area contributed by atoms with Crippen LogP contribution in [0.25, 0.3) is 0 Å². The Kier molecular flexibility index (Phi) is 5.32. The van der Waals surface area contributed by atoms with Gasteiger partial charge in [-0.05, 0) is 37.5 Å². The molecule has 0 aliphatic carbocycles. The largest absolute Gasteiger partial charge is 0.394 e. The molecular formula is C14H22N2O3. The summed E-state index contributed by atoms with van der Waals surface area (Å²) in [6, 6.07) is 1.98. The summed E-state index contributed by atoms with van der Waals surface area (Å²) in [5.74, 6) is -0.114. The van der Waals surface area contributed by atoms with E-state index in [0.29, 0.717) is 0 Å². The lowest BCUT2D eigenvalue weighted by molar-refractivity contribution is -0.114. The lowest BCUT2D eigenvalue weighted by atomic mass is 10.0. The van der Waals surface area contributed by atoms with Crippen LogP contribution in [0.15, 0.2) is 6.07 Å². The molecule has 0 radical (unpaired) electrons. The molecule has 0 fully saturated rings. The van der Waals surface area contributed by atoms with E-state index in [1.54, 1.807) is 0 Å². The number of amides is 1. The molecule has 0 aliphatic rings. The number of carbonyl (C=O) groups excluding carboxylic acids is 1. The van der Waals surface area contributed by atoms with E-state index in [9.17, 15) is 9.90 Å². The average Bonchev–Trinajstić information content (AvgIpc) is 2.33. The summed E-state index contributed by atoms with van der Waals surface area (Å²) in [5, 5.41) is 24.1. The zero-order valence-electron chi connectivity index (χ0n) is 11.9. The minimum absolute atomic E-state index is 0.114. The average molecular weight is 266 g/mol. The molecular weight excluding hydrogens is 244 g/mol. The molecule has 1 aromatic rings. The summed E-state index contributed by atoms with van der Waals surface area (Å²) < 4.78 is 0. The van der Waals surface area contributed by atoms with Crippen LogP contribution in [0.5, 0.6) is 0 Å². The van der Waals surface area contributed by atoms with Crippen LogP contribution < -0.4 is 10.6 Å². The Morgan fingerprint density at radius 2 is 1.84 bits per heavy atom. The van der Waals surface area contributed by atoms with Crippen LogP contribution in [0, 0.1) is 20.8 Å². The molecule has 1 rings (SSSR count). The molecule has 0 heterocycles. The maximum Gasteiger partial charge on any atom is 0.221 e. The molecule has 0 aliphatic heterocycles. The van der Waals surface area contributed by atoms with E-state index in [2.05, 4.69) is 10.6 Å². The predicted octanol–water partition coefficient (Wildman–Crippen LogP) is 1.34. The van der Waals surface area contributed by atoms with Gasteiger partial charge in [0, 0.05) is 24.8 Å². The van der Waals surface area contributed by atoms with Crippen molar-refractivity contribution in [2.24, 2.45) is 0 Å². The molecule has 0 spiro atoms. The smallest absolute Gasteiger partial charge is 0.221 e. The van der Waals surface area contributed by atoms with Crippen LogP contribution in [-0.2, 0) is 4.79 Å². The van der Waals surface area contributed by atoms with E-state index < -0.39 is 6.10 Å². The van der Waals surface area contributed by atoms with Crippen LogP contribution in [0.1, 0.15) is 23.6 Å². The van der Waals surface area contributed by atoms with Gasteiger partial charge in [0.1, 0.15) is 0 Å². The maximum atomic E-state index is 11.2. The molecule has 106 valence electrons. The summed E-state index contributed by atoms with van der Waals surface area (Å²) in [7, 11) is 0. The van der Waals surface area contributed by atoms with Gasteiger partial charge >= 0.3 is 0 Å². The summed E-state index contributed by atoms with van der Waals surface area (Å²) in [5.41, 5.74) is 4.63. The molecule has 1 unspecified atom stereocenters. The lowest BCUT2D eigenvalue weighted by Gasteiger charge is -2.19. The summed E-state index contributed by atoms with van der Waals surface area (Å²) in [6.07, 6.45) is -0.802. The first-order chi connectivity index (χ1) is 8.86. The minimum atomic E-state index is -0.802. The van der Waals surface area contributed by atoms with Crippen molar-refractivity contribution in [3.63, 3.8) is 0 Å². The number of hydrogen-bond acceptors (Lipinski definition) is 4. The Labute approximate surface area is 113 Å². The van der Waals surface area contributed by atoms with E-state index in [1.165, 1.54) is 6.92 Å². The molecule has 4 N–H and O–H groups in total. The highest BCUT2D eigenvalue weighted by atomic mass is 16.3. The number of nitrogens with one attached hydrogen (secondary N) is 2. The van der Waals surface area contributed by atoms with E-state index in [-0.39, 0.29) is 19.1 Å². The number of carbonyl (C=O) groups is 1. The Bertz CT molecular complexity index is 472. The van der Waals surface area contributed by atoms with Crippen molar-refractivity contribution in [3.05, 3.63) is 22.8 Å². The highest BCUT2D eigenvalue weighted by molar-refractivity contribution is 5.92. The maximum absolute atomic E-state index is 11.2. The molecule has 1 aromatic carbocycles. The van der Waals surface area contributed by atoms with Crippen LogP contribution in [0.4, 0.5) is 11.4 Å². The fraction of sp³-hybridized carbons (Fsp3) is 0.500. The summed E-state index contributed by atoms with van der Waals surface area (Å²) >= 11 is 0. The molecule has 0 saturated heterocycles. The van der Waals surface area contributed by atoms with Gasteiger partial charge in [0.15, 0.2) is 0 Å². The summed E-state index contributed by atoms with van der Waals surface area (Å²) in [6.45, 7) is 7.28. The van der Waals surface area contributed by atoms with E-state index in [4.69, 9.17) is 5.11 Å².